The molecule has 0 aromatic heterocycles. The van der Waals surface area contributed by atoms with Crippen molar-refractivity contribution in [2.75, 3.05) is 13.2 Å². The maximum atomic E-state index is 12.7. The van der Waals surface area contributed by atoms with Gasteiger partial charge in [-0.3, -0.25) is 9.59 Å². The van der Waals surface area contributed by atoms with Crippen molar-refractivity contribution in [3.8, 4) is 11.1 Å². The van der Waals surface area contributed by atoms with Gasteiger partial charge in [0.05, 0.1) is 0 Å². The third-order valence-electron chi connectivity index (χ3n) is 6.49. The Balaban J connectivity index is 1.51. The van der Waals surface area contributed by atoms with Crippen LogP contribution in [0, 0.1) is 5.92 Å². The second kappa shape index (κ2) is 12.9. The van der Waals surface area contributed by atoms with Gasteiger partial charge < -0.3 is 20.5 Å². The summed E-state index contributed by atoms with van der Waals surface area (Å²) < 4.78 is 5.64. The van der Waals surface area contributed by atoms with E-state index in [1.165, 1.54) is 11.1 Å². The van der Waals surface area contributed by atoms with Gasteiger partial charge >= 0.3 is 12.1 Å². The van der Waals surface area contributed by atoms with Crippen LogP contribution in [0.25, 0.3) is 11.1 Å². The Morgan fingerprint density at radius 2 is 1.60 bits per heavy atom. The Bertz CT molecular complexity index is 976. The summed E-state index contributed by atoms with van der Waals surface area (Å²) in [6.45, 7) is 4.56. The lowest BCUT2D eigenvalue weighted by Gasteiger charge is -2.20. The molecule has 2 aromatic rings. The van der Waals surface area contributed by atoms with Crippen LogP contribution in [0.5, 0.6) is 0 Å². The van der Waals surface area contributed by atoms with Crippen molar-refractivity contribution in [1.82, 2.24) is 10.6 Å². The molecule has 2 aromatic carbocycles. The van der Waals surface area contributed by atoms with Crippen molar-refractivity contribution in [3.05, 3.63) is 59.7 Å². The lowest BCUT2D eigenvalue weighted by molar-refractivity contribution is -0.138. The largest absolute Gasteiger partial charge is 0.481 e. The van der Waals surface area contributed by atoms with E-state index in [0.29, 0.717) is 19.4 Å². The van der Waals surface area contributed by atoms with Crippen LogP contribution in [-0.2, 0) is 14.3 Å². The van der Waals surface area contributed by atoms with E-state index in [4.69, 9.17) is 9.84 Å². The highest BCUT2D eigenvalue weighted by Crippen LogP contribution is 2.44. The van der Waals surface area contributed by atoms with Crippen molar-refractivity contribution in [3.63, 3.8) is 0 Å². The molecule has 2 atom stereocenters. The Morgan fingerprint density at radius 3 is 2.20 bits per heavy atom. The molecule has 1 aliphatic carbocycles. The Kier molecular flexibility index (Phi) is 9.70. The van der Waals surface area contributed by atoms with Crippen LogP contribution in [0.15, 0.2) is 48.5 Å². The van der Waals surface area contributed by atoms with Crippen molar-refractivity contribution in [2.45, 2.75) is 64.3 Å². The summed E-state index contributed by atoms with van der Waals surface area (Å²) in [6, 6.07) is 16.1. The predicted octanol–water partition coefficient (Wildman–Crippen LogP) is 5.09. The van der Waals surface area contributed by atoms with E-state index < -0.39 is 12.1 Å². The number of benzene rings is 2. The average molecular weight is 481 g/mol. The number of aliphatic carboxylic acids is 1. The van der Waals surface area contributed by atoms with Gasteiger partial charge in [-0.25, -0.2) is 4.79 Å². The van der Waals surface area contributed by atoms with Crippen molar-refractivity contribution in [1.29, 1.82) is 0 Å². The molecule has 7 heteroatoms. The molecule has 0 heterocycles. The van der Waals surface area contributed by atoms with Gasteiger partial charge in [0, 0.05) is 31.3 Å². The maximum absolute atomic E-state index is 12.7. The van der Waals surface area contributed by atoms with E-state index in [2.05, 4.69) is 41.8 Å². The van der Waals surface area contributed by atoms with Crippen molar-refractivity contribution in [2.24, 2.45) is 5.92 Å². The number of rotatable bonds is 13. The quantitative estimate of drug-likeness (QED) is 0.370. The topological polar surface area (TPSA) is 105 Å². The van der Waals surface area contributed by atoms with Crippen LogP contribution in [0.2, 0.25) is 0 Å². The molecule has 3 rings (SSSR count). The van der Waals surface area contributed by atoms with Gasteiger partial charge in [-0.1, -0.05) is 75.2 Å². The molecular formula is C28H36N2O5. The van der Waals surface area contributed by atoms with Crippen molar-refractivity contribution >= 4 is 18.0 Å². The number of carbonyl (C=O) groups excluding carboxylic acids is 2. The lowest BCUT2D eigenvalue weighted by Crippen LogP contribution is -2.40. The molecule has 35 heavy (non-hydrogen) atoms. The molecule has 0 saturated heterocycles. The molecular weight excluding hydrogens is 444 g/mol. The number of hydrogen-bond acceptors (Lipinski definition) is 4. The molecule has 0 fully saturated rings. The molecule has 0 radical (unpaired) electrons. The SMILES string of the molecule is CCCCC(CC(=O)NCCC(C)CC(=O)O)NC(=O)OCC1c2ccccc2-c2ccccc21. The van der Waals surface area contributed by atoms with E-state index in [-0.39, 0.29) is 43.2 Å². The number of carboxylic acid groups (broad SMARTS) is 1. The first kappa shape index (κ1) is 26.3. The van der Waals surface area contributed by atoms with Gasteiger partial charge in [0.25, 0.3) is 0 Å². The highest BCUT2D eigenvalue weighted by Gasteiger charge is 2.29. The van der Waals surface area contributed by atoms with Crippen molar-refractivity contribution < 1.29 is 24.2 Å². The lowest BCUT2D eigenvalue weighted by atomic mass is 9.98. The number of amides is 2. The highest BCUT2D eigenvalue weighted by molar-refractivity contribution is 5.79. The zero-order valence-electron chi connectivity index (χ0n) is 20.6. The molecule has 0 bridgehead atoms. The van der Waals surface area contributed by atoms with E-state index in [9.17, 15) is 14.4 Å². The fourth-order valence-electron chi connectivity index (χ4n) is 4.64. The average Bonchev–Trinajstić information content (AvgIpc) is 3.14. The van der Waals surface area contributed by atoms with Crippen LogP contribution < -0.4 is 10.6 Å². The summed E-state index contributed by atoms with van der Waals surface area (Å²) in [4.78, 5) is 35.9. The normalized spacial score (nSPS) is 13.9. The molecule has 0 saturated carbocycles. The minimum Gasteiger partial charge on any atom is -0.481 e. The van der Waals surface area contributed by atoms with E-state index in [1.54, 1.807) is 0 Å². The minimum absolute atomic E-state index is 0.0114. The van der Waals surface area contributed by atoms with Crippen LogP contribution >= 0.6 is 0 Å². The number of hydrogen-bond donors (Lipinski definition) is 3. The summed E-state index contributed by atoms with van der Waals surface area (Å²) >= 11 is 0. The second-order valence-corrected chi connectivity index (χ2v) is 9.35. The molecule has 188 valence electrons. The summed E-state index contributed by atoms with van der Waals surface area (Å²) in [6.07, 6.45) is 2.85. The number of carbonyl (C=O) groups is 3. The van der Waals surface area contributed by atoms with Crippen LogP contribution in [0.4, 0.5) is 4.79 Å². The Labute approximate surface area is 207 Å². The Hall–Kier alpha value is -3.35. The first-order chi connectivity index (χ1) is 16.9. The molecule has 2 amide bonds. The monoisotopic (exact) mass is 480 g/mol. The number of fused-ring (bicyclic) bond motifs is 3. The molecule has 3 N–H and O–H groups in total. The molecule has 7 nitrogen and oxygen atoms in total. The standard InChI is InChI=1S/C28H36N2O5/c1-3-4-9-20(17-26(31)29-15-14-19(2)16-27(32)33)30-28(34)35-18-25-23-12-7-5-10-21(23)22-11-6-8-13-24(22)25/h5-8,10-13,19-20,25H,3-4,9,14-18H2,1-2H3,(H,29,31)(H,30,34)(H,32,33). The fourth-order valence-corrected chi connectivity index (χ4v) is 4.64. The molecule has 0 aliphatic heterocycles. The number of alkyl carbamates (subject to hydrolysis) is 1. The number of unbranched alkanes of at least 4 members (excludes halogenated alkanes) is 1. The van der Waals surface area contributed by atoms with E-state index in [0.717, 1.165) is 24.0 Å². The third kappa shape index (κ3) is 7.57. The summed E-state index contributed by atoms with van der Waals surface area (Å²) in [5, 5.41) is 14.6. The van der Waals surface area contributed by atoms with Crippen LogP contribution in [0.3, 0.4) is 0 Å². The molecule has 1 aliphatic rings. The van der Waals surface area contributed by atoms with Gasteiger partial charge in [-0.2, -0.15) is 0 Å². The van der Waals surface area contributed by atoms with E-state index in [1.807, 2.05) is 31.2 Å². The molecule has 0 spiro atoms. The first-order valence-corrected chi connectivity index (χ1v) is 12.5. The van der Waals surface area contributed by atoms with Gasteiger partial charge in [-0.05, 0) is 41.0 Å². The number of carboxylic acids is 1. The van der Waals surface area contributed by atoms with E-state index >= 15 is 0 Å². The predicted molar refractivity (Wildman–Crippen MR) is 135 cm³/mol. The second-order valence-electron chi connectivity index (χ2n) is 9.35. The van der Waals surface area contributed by atoms with Gasteiger partial charge in [0.2, 0.25) is 5.91 Å². The van der Waals surface area contributed by atoms with Gasteiger partial charge in [0.1, 0.15) is 6.61 Å². The highest BCUT2D eigenvalue weighted by atomic mass is 16.5. The molecule has 2 unspecified atom stereocenters. The maximum Gasteiger partial charge on any atom is 0.407 e. The zero-order valence-corrected chi connectivity index (χ0v) is 20.6. The summed E-state index contributed by atoms with van der Waals surface area (Å²) in [5.74, 6) is -1.02. The van der Waals surface area contributed by atoms with Gasteiger partial charge in [-0.15, -0.1) is 0 Å². The first-order valence-electron chi connectivity index (χ1n) is 12.5. The summed E-state index contributed by atoms with van der Waals surface area (Å²) in [5.41, 5.74) is 4.65. The minimum atomic E-state index is -0.837. The van der Waals surface area contributed by atoms with Crippen LogP contribution in [0.1, 0.15) is 69.4 Å². The number of ether oxygens (including phenoxy) is 1. The zero-order chi connectivity index (χ0) is 25.2. The smallest absolute Gasteiger partial charge is 0.407 e. The Morgan fingerprint density at radius 1 is 0.971 bits per heavy atom. The van der Waals surface area contributed by atoms with Crippen LogP contribution in [-0.4, -0.2) is 42.3 Å². The fraction of sp³-hybridized carbons (Fsp3) is 0.464. The number of nitrogens with one attached hydrogen (secondary N) is 2. The van der Waals surface area contributed by atoms with Gasteiger partial charge in [0.15, 0.2) is 0 Å². The summed E-state index contributed by atoms with van der Waals surface area (Å²) in [7, 11) is 0. The third-order valence-corrected chi connectivity index (χ3v) is 6.49.